The van der Waals surface area contributed by atoms with Crippen LogP contribution in [0.4, 0.5) is 5.69 Å². The molecule has 1 saturated heterocycles. The van der Waals surface area contributed by atoms with Gasteiger partial charge in [0.15, 0.2) is 10.9 Å². The maximum Gasteiger partial charge on any atom is 0.250 e. The first-order valence-electron chi connectivity index (χ1n) is 9.60. The molecule has 0 unspecified atom stereocenters. The van der Waals surface area contributed by atoms with Crippen molar-refractivity contribution < 1.29 is 9.42 Å². The van der Waals surface area contributed by atoms with Crippen LogP contribution in [0.5, 0.6) is 0 Å². The first kappa shape index (κ1) is 18.8. The Labute approximate surface area is 169 Å². The SMILES string of the molecule is CCC[n+]1cn(-c2cncc(N3CC[C@@H](OCc4ccc(Cl)cc4)C3)c2)nn1. The molecule has 0 aliphatic carbocycles. The first-order chi connectivity index (χ1) is 13.7. The summed E-state index contributed by atoms with van der Waals surface area (Å²) in [5.41, 5.74) is 3.12. The van der Waals surface area contributed by atoms with Gasteiger partial charge in [0.25, 0.3) is 6.33 Å². The van der Waals surface area contributed by atoms with E-state index in [-0.39, 0.29) is 6.10 Å². The Morgan fingerprint density at radius 2 is 2.04 bits per heavy atom. The second-order valence-corrected chi connectivity index (χ2v) is 7.43. The van der Waals surface area contributed by atoms with Crippen LogP contribution in [-0.2, 0) is 17.9 Å². The standard InChI is InChI=1S/C20H24ClN6O/c1-2-8-26-15-27(24-23-26)19-10-18(11-22-12-19)25-9-7-20(13-25)28-14-16-3-5-17(21)6-4-16/h3-6,10-12,15,20H,2,7-9,13-14H2,1H3/q+1/t20-/m1/s1. The zero-order valence-electron chi connectivity index (χ0n) is 15.9. The van der Waals surface area contributed by atoms with E-state index in [1.54, 1.807) is 10.9 Å². The summed E-state index contributed by atoms with van der Waals surface area (Å²) in [7, 11) is 0. The summed E-state index contributed by atoms with van der Waals surface area (Å²) in [4.78, 5) is 6.70. The number of pyridine rings is 1. The zero-order chi connectivity index (χ0) is 19.3. The Kier molecular flexibility index (Phi) is 5.83. The molecule has 0 N–H and O–H groups in total. The molecule has 1 aliphatic heterocycles. The van der Waals surface area contributed by atoms with Crippen molar-refractivity contribution in [1.29, 1.82) is 0 Å². The number of rotatable bonds is 7. The molecule has 0 spiro atoms. The Hall–Kier alpha value is -2.51. The number of ether oxygens (including phenoxy) is 1. The Bertz CT molecular complexity index is 913. The van der Waals surface area contributed by atoms with Gasteiger partial charge < -0.3 is 9.64 Å². The molecule has 1 atom stereocenters. The molecule has 1 fully saturated rings. The fraction of sp³-hybridized carbons (Fsp3) is 0.400. The van der Waals surface area contributed by atoms with Gasteiger partial charge in [-0.25, -0.2) is 0 Å². The molecular weight excluding hydrogens is 376 g/mol. The van der Waals surface area contributed by atoms with Crippen LogP contribution < -0.4 is 9.58 Å². The third kappa shape index (κ3) is 4.48. The van der Waals surface area contributed by atoms with Crippen molar-refractivity contribution in [3.8, 4) is 5.69 Å². The lowest BCUT2D eigenvalue weighted by atomic mass is 10.2. The number of anilines is 1. The fourth-order valence-electron chi connectivity index (χ4n) is 3.32. The molecule has 1 aliphatic rings. The van der Waals surface area contributed by atoms with Gasteiger partial charge in [0.1, 0.15) is 5.21 Å². The van der Waals surface area contributed by atoms with Crippen LogP contribution in [0.1, 0.15) is 25.3 Å². The monoisotopic (exact) mass is 399 g/mol. The third-order valence-electron chi connectivity index (χ3n) is 4.83. The predicted octanol–water partition coefficient (Wildman–Crippen LogP) is 2.81. The number of tetrazole rings is 1. The van der Waals surface area contributed by atoms with E-state index in [2.05, 4.69) is 33.3 Å². The molecule has 0 radical (unpaired) electrons. The highest BCUT2D eigenvalue weighted by molar-refractivity contribution is 6.30. The highest BCUT2D eigenvalue weighted by Gasteiger charge is 2.24. The third-order valence-corrected chi connectivity index (χ3v) is 5.08. The van der Waals surface area contributed by atoms with Crippen molar-refractivity contribution in [2.75, 3.05) is 18.0 Å². The van der Waals surface area contributed by atoms with Gasteiger partial charge in [-0.1, -0.05) is 35.3 Å². The van der Waals surface area contributed by atoms with E-state index in [0.29, 0.717) is 6.61 Å². The highest BCUT2D eigenvalue weighted by Crippen LogP contribution is 2.23. The number of aryl methyl sites for hydroxylation is 1. The van der Waals surface area contributed by atoms with Crippen molar-refractivity contribution in [1.82, 2.24) is 20.1 Å². The highest BCUT2D eigenvalue weighted by atomic mass is 35.5. The molecule has 28 heavy (non-hydrogen) atoms. The molecule has 8 heteroatoms. The van der Waals surface area contributed by atoms with Crippen LogP contribution in [0.15, 0.2) is 49.1 Å². The molecular formula is C20H24ClN6O+. The molecule has 2 aromatic heterocycles. The van der Waals surface area contributed by atoms with Gasteiger partial charge in [0, 0.05) is 24.2 Å². The number of halogens is 1. The summed E-state index contributed by atoms with van der Waals surface area (Å²) in [5, 5.41) is 9.08. The Morgan fingerprint density at radius 3 is 2.86 bits per heavy atom. The number of benzene rings is 1. The average Bonchev–Trinajstić information content (AvgIpc) is 3.38. The lowest BCUT2D eigenvalue weighted by molar-refractivity contribution is -0.754. The van der Waals surface area contributed by atoms with E-state index in [9.17, 15) is 0 Å². The normalized spacial score (nSPS) is 16.6. The minimum atomic E-state index is 0.206. The summed E-state index contributed by atoms with van der Waals surface area (Å²) in [6.07, 6.45) is 7.82. The quantitative estimate of drug-likeness (QED) is 0.572. The molecule has 0 saturated carbocycles. The van der Waals surface area contributed by atoms with E-state index in [1.165, 1.54) is 0 Å². The van der Waals surface area contributed by atoms with Crippen LogP contribution in [0.2, 0.25) is 5.02 Å². The van der Waals surface area contributed by atoms with Gasteiger partial charge in [-0.15, -0.1) is 4.68 Å². The summed E-state index contributed by atoms with van der Waals surface area (Å²) < 4.78 is 9.69. The topological polar surface area (TPSA) is 60.0 Å². The van der Waals surface area contributed by atoms with Crippen molar-refractivity contribution in [2.45, 2.75) is 39.0 Å². The van der Waals surface area contributed by atoms with Gasteiger partial charge in [-0.3, -0.25) is 4.98 Å². The minimum Gasteiger partial charge on any atom is -0.372 e. The zero-order valence-corrected chi connectivity index (χ0v) is 16.7. The van der Waals surface area contributed by atoms with Crippen LogP contribution in [0.25, 0.3) is 5.69 Å². The van der Waals surface area contributed by atoms with Crippen molar-refractivity contribution in [2.24, 2.45) is 0 Å². The van der Waals surface area contributed by atoms with Gasteiger partial charge in [-0.2, -0.15) is 0 Å². The van der Waals surface area contributed by atoms with Crippen molar-refractivity contribution in [3.05, 3.63) is 59.6 Å². The number of nitrogens with zero attached hydrogens (tertiary/aromatic N) is 6. The maximum atomic E-state index is 6.09. The van der Waals surface area contributed by atoms with Crippen LogP contribution >= 0.6 is 11.6 Å². The minimum absolute atomic E-state index is 0.206. The number of hydrogen-bond donors (Lipinski definition) is 0. The molecule has 3 heterocycles. The van der Waals surface area contributed by atoms with E-state index in [1.807, 2.05) is 41.5 Å². The largest absolute Gasteiger partial charge is 0.372 e. The maximum absolute atomic E-state index is 6.09. The van der Waals surface area contributed by atoms with Crippen molar-refractivity contribution in [3.63, 3.8) is 0 Å². The van der Waals surface area contributed by atoms with E-state index < -0.39 is 0 Å². The molecule has 1 aromatic carbocycles. The van der Waals surface area contributed by atoms with Gasteiger partial charge in [0.2, 0.25) is 0 Å². The first-order valence-corrected chi connectivity index (χ1v) is 9.97. The number of hydrogen-bond acceptors (Lipinski definition) is 5. The van der Waals surface area contributed by atoms with Crippen LogP contribution in [0.3, 0.4) is 0 Å². The summed E-state index contributed by atoms with van der Waals surface area (Å²) in [6, 6.07) is 9.90. The number of aromatic nitrogens is 5. The summed E-state index contributed by atoms with van der Waals surface area (Å²) >= 11 is 5.94. The van der Waals surface area contributed by atoms with Gasteiger partial charge in [0.05, 0.1) is 37.3 Å². The van der Waals surface area contributed by atoms with Gasteiger partial charge in [-0.05, 0) is 30.5 Å². The van der Waals surface area contributed by atoms with Gasteiger partial charge >= 0.3 is 0 Å². The molecule has 4 rings (SSSR count). The lowest BCUT2D eigenvalue weighted by Crippen LogP contribution is -2.34. The molecule has 146 valence electrons. The summed E-state index contributed by atoms with van der Waals surface area (Å²) in [6.45, 7) is 5.37. The summed E-state index contributed by atoms with van der Waals surface area (Å²) in [5.74, 6) is 0. The molecule has 3 aromatic rings. The van der Waals surface area contributed by atoms with E-state index >= 15 is 0 Å². The molecule has 7 nitrogen and oxygen atoms in total. The Morgan fingerprint density at radius 1 is 1.21 bits per heavy atom. The van der Waals surface area contributed by atoms with Crippen molar-refractivity contribution >= 4 is 17.3 Å². The molecule has 0 bridgehead atoms. The molecule has 0 amide bonds. The second-order valence-electron chi connectivity index (χ2n) is 7.00. The van der Waals surface area contributed by atoms with Crippen LogP contribution in [-0.4, -0.2) is 39.3 Å². The predicted molar refractivity (Wildman–Crippen MR) is 106 cm³/mol. The van der Waals surface area contributed by atoms with E-state index in [4.69, 9.17) is 16.3 Å². The Balaban J connectivity index is 1.37. The van der Waals surface area contributed by atoms with E-state index in [0.717, 1.165) is 54.4 Å². The van der Waals surface area contributed by atoms with Crippen LogP contribution in [0, 0.1) is 0 Å². The smallest absolute Gasteiger partial charge is 0.250 e. The fourth-order valence-corrected chi connectivity index (χ4v) is 3.45. The average molecular weight is 400 g/mol. The lowest BCUT2D eigenvalue weighted by Gasteiger charge is -2.18. The second kappa shape index (κ2) is 8.67.